The molecular formula is C17H22N2O3S. The number of aliphatic imine (C=N–C) groups is 1. The number of amidine groups is 1. The lowest BCUT2D eigenvalue weighted by Crippen LogP contribution is -2.37. The first kappa shape index (κ1) is 17.4. The van der Waals surface area contributed by atoms with Gasteiger partial charge in [-0.3, -0.25) is 14.7 Å². The highest BCUT2D eigenvalue weighted by Gasteiger charge is 2.35. The van der Waals surface area contributed by atoms with E-state index in [9.17, 15) is 4.79 Å². The molecule has 0 aliphatic carbocycles. The number of carbonyl (C=O) groups is 1. The zero-order valence-electron chi connectivity index (χ0n) is 14.1. The van der Waals surface area contributed by atoms with E-state index in [0.717, 1.165) is 17.2 Å². The van der Waals surface area contributed by atoms with Crippen molar-refractivity contribution >= 4 is 28.9 Å². The molecule has 5 nitrogen and oxygen atoms in total. The van der Waals surface area contributed by atoms with Gasteiger partial charge >= 0.3 is 0 Å². The number of rotatable bonds is 5. The van der Waals surface area contributed by atoms with Crippen molar-refractivity contribution in [2.24, 2.45) is 4.99 Å². The first-order valence-electron chi connectivity index (χ1n) is 7.47. The average molecular weight is 334 g/mol. The molecule has 0 bridgehead atoms. The smallest absolute Gasteiger partial charge is 0.266 e. The van der Waals surface area contributed by atoms with Crippen molar-refractivity contribution in [2.45, 2.75) is 26.3 Å². The van der Waals surface area contributed by atoms with Crippen LogP contribution in [0, 0.1) is 0 Å². The monoisotopic (exact) mass is 334 g/mol. The first-order valence-corrected chi connectivity index (χ1v) is 8.29. The zero-order valence-corrected chi connectivity index (χ0v) is 14.9. The summed E-state index contributed by atoms with van der Waals surface area (Å²) in [5, 5.41) is 0.746. The third-order valence-electron chi connectivity index (χ3n) is 3.77. The van der Waals surface area contributed by atoms with Gasteiger partial charge in [0.05, 0.1) is 19.1 Å². The Labute approximate surface area is 141 Å². The third kappa shape index (κ3) is 3.52. The first-order chi connectivity index (χ1) is 11.0. The van der Waals surface area contributed by atoms with Crippen LogP contribution < -0.4 is 9.47 Å². The number of carbonyl (C=O) groups excluding carboxylic acids is 1. The summed E-state index contributed by atoms with van der Waals surface area (Å²) in [4.78, 5) is 19.3. The Hall–Kier alpha value is -1.95. The highest BCUT2D eigenvalue weighted by atomic mass is 32.2. The summed E-state index contributed by atoms with van der Waals surface area (Å²) in [6, 6.07) is 5.71. The minimum Gasteiger partial charge on any atom is -0.493 e. The molecule has 1 saturated heterocycles. The van der Waals surface area contributed by atoms with Crippen LogP contribution in [0.15, 0.2) is 28.1 Å². The highest BCUT2D eigenvalue weighted by Crippen LogP contribution is 2.35. The number of hydrogen-bond acceptors (Lipinski definition) is 5. The fraction of sp³-hybridized carbons (Fsp3) is 0.412. The van der Waals surface area contributed by atoms with Gasteiger partial charge in [-0.05, 0) is 48.9 Å². The molecule has 2 rings (SSSR count). The van der Waals surface area contributed by atoms with Crippen LogP contribution in [0.2, 0.25) is 0 Å². The summed E-state index contributed by atoms with van der Waals surface area (Å²) >= 11 is 1.40. The van der Waals surface area contributed by atoms with E-state index >= 15 is 0 Å². The van der Waals surface area contributed by atoms with Gasteiger partial charge in [-0.1, -0.05) is 13.0 Å². The molecule has 1 heterocycles. The van der Waals surface area contributed by atoms with Crippen LogP contribution in [-0.2, 0) is 4.79 Å². The predicted molar refractivity (Wildman–Crippen MR) is 95.1 cm³/mol. The van der Waals surface area contributed by atoms with Crippen LogP contribution >= 0.6 is 11.8 Å². The van der Waals surface area contributed by atoms with Crippen molar-refractivity contribution in [3.05, 3.63) is 28.7 Å². The van der Waals surface area contributed by atoms with E-state index < -0.39 is 0 Å². The minimum absolute atomic E-state index is 0.000245. The Balaban J connectivity index is 2.35. The van der Waals surface area contributed by atoms with Crippen molar-refractivity contribution in [2.75, 3.05) is 21.3 Å². The molecule has 1 aliphatic heterocycles. The molecule has 0 radical (unpaired) electrons. The number of hydrogen-bond donors (Lipinski definition) is 0. The van der Waals surface area contributed by atoms with E-state index in [-0.39, 0.29) is 11.9 Å². The Morgan fingerprint density at radius 1 is 1.30 bits per heavy atom. The lowest BCUT2D eigenvalue weighted by Gasteiger charge is -2.21. The topological polar surface area (TPSA) is 51.1 Å². The summed E-state index contributed by atoms with van der Waals surface area (Å²) in [5.74, 6) is 1.30. The van der Waals surface area contributed by atoms with Crippen molar-refractivity contribution in [1.29, 1.82) is 0 Å². The minimum atomic E-state index is -0.000245. The molecule has 1 unspecified atom stereocenters. The van der Waals surface area contributed by atoms with Crippen LogP contribution in [0.5, 0.6) is 11.5 Å². The summed E-state index contributed by atoms with van der Waals surface area (Å²) in [7, 11) is 4.90. The highest BCUT2D eigenvalue weighted by molar-refractivity contribution is 8.18. The van der Waals surface area contributed by atoms with Gasteiger partial charge < -0.3 is 9.47 Å². The lowest BCUT2D eigenvalue weighted by molar-refractivity contribution is -0.123. The molecular weight excluding hydrogens is 312 g/mol. The van der Waals surface area contributed by atoms with Crippen molar-refractivity contribution < 1.29 is 14.3 Å². The van der Waals surface area contributed by atoms with Crippen LogP contribution in [0.3, 0.4) is 0 Å². The summed E-state index contributed by atoms with van der Waals surface area (Å²) < 4.78 is 10.5. The summed E-state index contributed by atoms with van der Waals surface area (Å²) in [5.41, 5.74) is 0.889. The van der Waals surface area contributed by atoms with Gasteiger partial charge in [0.25, 0.3) is 5.91 Å². The number of ether oxygens (including phenoxy) is 2. The maximum atomic E-state index is 12.7. The molecule has 1 aliphatic rings. The SMILES string of the molecule is CCC(C)N1C(=O)/C(=C/c2ccc(OC)c(OC)c2)SC1=NC. The Bertz CT molecular complexity index is 655. The van der Waals surface area contributed by atoms with Crippen LogP contribution in [0.4, 0.5) is 0 Å². The van der Waals surface area contributed by atoms with Gasteiger partial charge in [0.2, 0.25) is 0 Å². The van der Waals surface area contributed by atoms with E-state index in [0.29, 0.717) is 16.4 Å². The van der Waals surface area contributed by atoms with E-state index in [1.165, 1.54) is 11.8 Å². The average Bonchev–Trinajstić information content (AvgIpc) is 2.89. The van der Waals surface area contributed by atoms with Gasteiger partial charge in [-0.25, -0.2) is 0 Å². The molecule has 23 heavy (non-hydrogen) atoms. The maximum Gasteiger partial charge on any atom is 0.266 e. The Morgan fingerprint density at radius 3 is 2.57 bits per heavy atom. The van der Waals surface area contributed by atoms with Crippen LogP contribution in [0.25, 0.3) is 6.08 Å². The second kappa shape index (κ2) is 7.55. The van der Waals surface area contributed by atoms with Gasteiger partial charge in [0, 0.05) is 13.1 Å². The third-order valence-corrected chi connectivity index (χ3v) is 4.84. The standard InChI is InChI=1S/C17H22N2O3S/c1-6-11(2)19-16(20)15(23-17(19)18-3)10-12-7-8-13(21-4)14(9-12)22-5/h7-11H,6H2,1-5H3/b15-10-,18-17?. The molecule has 1 atom stereocenters. The molecule has 1 aromatic rings. The number of thioether (sulfide) groups is 1. The fourth-order valence-corrected chi connectivity index (χ4v) is 3.34. The zero-order chi connectivity index (χ0) is 17.0. The van der Waals surface area contributed by atoms with Gasteiger partial charge in [0.1, 0.15) is 0 Å². The van der Waals surface area contributed by atoms with Gasteiger partial charge in [-0.2, -0.15) is 0 Å². The van der Waals surface area contributed by atoms with Crippen molar-refractivity contribution in [3.8, 4) is 11.5 Å². The molecule has 124 valence electrons. The van der Waals surface area contributed by atoms with Crippen LogP contribution in [-0.4, -0.2) is 43.3 Å². The summed E-state index contributed by atoms with van der Waals surface area (Å²) in [6.45, 7) is 4.09. The molecule has 1 amide bonds. The maximum absolute atomic E-state index is 12.7. The lowest BCUT2D eigenvalue weighted by atomic mass is 10.1. The van der Waals surface area contributed by atoms with Gasteiger partial charge in [-0.15, -0.1) is 0 Å². The predicted octanol–water partition coefficient (Wildman–Crippen LogP) is 3.40. The van der Waals surface area contributed by atoms with Gasteiger partial charge in [0.15, 0.2) is 16.7 Å². The number of nitrogens with zero attached hydrogens (tertiary/aromatic N) is 2. The van der Waals surface area contributed by atoms with Crippen LogP contribution in [0.1, 0.15) is 25.8 Å². The van der Waals surface area contributed by atoms with Crippen molar-refractivity contribution in [3.63, 3.8) is 0 Å². The molecule has 0 saturated carbocycles. The molecule has 1 aromatic carbocycles. The van der Waals surface area contributed by atoms with Crippen molar-refractivity contribution in [1.82, 2.24) is 4.90 Å². The largest absolute Gasteiger partial charge is 0.493 e. The second-order valence-electron chi connectivity index (χ2n) is 5.16. The summed E-state index contributed by atoms with van der Waals surface area (Å²) in [6.07, 6.45) is 2.75. The Kier molecular flexibility index (Phi) is 5.71. The number of amides is 1. The molecule has 0 spiro atoms. The van der Waals surface area contributed by atoms with E-state index in [4.69, 9.17) is 9.47 Å². The quantitative estimate of drug-likeness (QED) is 0.775. The number of benzene rings is 1. The number of methoxy groups -OCH3 is 2. The normalized spacial score (nSPS) is 19.5. The Morgan fingerprint density at radius 2 is 2.00 bits per heavy atom. The fourth-order valence-electron chi connectivity index (χ4n) is 2.31. The second-order valence-corrected chi connectivity index (χ2v) is 6.17. The molecule has 0 aromatic heterocycles. The van der Waals surface area contributed by atoms with E-state index in [1.54, 1.807) is 26.2 Å². The molecule has 6 heteroatoms. The van der Waals surface area contributed by atoms with E-state index in [2.05, 4.69) is 11.9 Å². The van der Waals surface area contributed by atoms with E-state index in [1.807, 2.05) is 31.2 Å². The molecule has 0 N–H and O–H groups in total. The molecule has 1 fully saturated rings.